The molecule has 18 heavy (non-hydrogen) atoms. The third kappa shape index (κ3) is 4.43. The minimum Gasteiger partial charge on any atom is -0.487 e. The van der Waals surface area contributed by atoms with Gasteiger partial charge in [0, 0.05) is 7.11 Å². The summed E-state index contributed by atoms with van der Waals surface area (Å²) in [6.07, 6.45) is 0. The van der Waals surface area contributed by atoms with Gasteiger partial charge in [0.05, 0.1) is 25.4 Å². The zero-order valence-corrected chi connectivity index (χ0v) is 10.6. The van der Waals surface area contributed by atoms with Gasteiger partial charge in [0.15, 0.2) is 17.3 Å². The van der Waals surface area contributed by atoms with E-state index in [9.17, 15) is 9.18 Å². The van der Waals surface area contributed by atoms with Gasteiger partial charge in [-0.05, 0) is 19.1 Å². The molecule has 0 saturated heterocycles. The first-order valence-corrected chi connectivity index (χ1v) is 5.65. The Kier molecular flexibility index (Phi) is 6.32. The number of methoxy groups -OCH3 is 1. The quantitative estimate of drug-likeness (QED) is 0.527. The molecule has 1 rings (SSSR count). The lowest BCUT2D eigenvalue weighted by Crippen LogP contribution is -2.12. The highest BCUT2D eigenvalue weighted by Crippen LogP contribution is 2.22. The number of benzene rings is 1. The number of hydrogen-bond donors (Lipinski definition) is 0. The maximum Gasteiger partial charge on any atom is 0.165 e. The lowest BCUT2D eigenvalue weighted by Gasteiger charge is -2.10. The van der Waals surface area contributed by atoms with Crippen LogP contribution in [0.5, 0.6) is 5.75 Å². The molecule has 0 unspecified atom stereocenters. The minimum atomic E-state index is -0.542. The summed E-state index contributed by atoms with van der Waals surface area (Å²) in [7, 11) is 1.58. The number of ketones is 1. The summed E-state index contributed by atoms with van der Waals surface area (Å²) in [6, 6.07) is 4.27. The van der Waals surface area contributed by atoms with Crippen LogP contribution >= 0.6 is 0 Å². The zero-order chi connectivity index (χ0) is 13.4. The van der Waals surface area contributed by atoms with E-state index in [-0.39, 0.29) is 23.7 Å². The molecule has 0 aliphatic rings. The molecule has 0 aliphatic heterocycles. The molecule has 0 aliphatic carbocycles. The van der Waals surface area contributed by atoms with Crippen LogP contribution in [0.4, 0.5) is 4.39 Å². The molecule has 0 amide bonds. The van der Waals surface area contributed by atoms with E-state index >= 15 is 0 Å². The Labute approximate surface area is 106 Å². The molecule has 100 valence electrons. The lowest BCUT2D eigenvalue weighted by atomic mass is 10.1. The van der Waals surface area contributed by atoms with Crippen molar-refractivity contribution in [3.05, 3.63) is 29.6 Å². The average molecular weight is 256 g/mol. The molecule has 0 bridgehead atoms. The number of rotatable bonds is 8. The Hall–Kier alpha value is -1.46. The predicted octanol–water partition coefficient (Wildman–Crippen LogP) is 2.07. The normalized spacial score (nSPS) is 10.4. The van der Waals surface area contributed by atoms with E-state index in [1.807, 2.05) is 0 Å². The average Bonchev–Trinajstić information content (AvgIpc) is 2.34. The van der Waals surface area contributed by atoms with Gasteiger partial charge >= 0.3 is 0 Å². The van der Waals surface area contributed by atoms with Gasteiger partial charge < -0.3 is 14.2 Å². The van der Waals surface area contributed by atoms with Crippen LogP contribution < -0.4 is 4.74 Å². The predicted molar refractivity (Wildman–Crippen MR) is 64.6 cm³/mol. The van der Waals surface area contributed by atoms with Crippen LogP contribution in [0.2, 0.25) is 0 Å². The molecule has 0 heterocycles. The van der Waals surface area contributed by atoms with Gasteiger partial charge in [0.25, 0.3) is 0 Å². The fraction of sp³-hybridized carbons (Fsp3) is 0.462. The van der Waals surface area contributed by atoms with Crippen molar-refractivity contribution in [1.29, 1.82) is 0 Å². The molecule has 0 saturated carbocycles. The molecule has 4 nitrogen and oxygen atoms in total. The van der Waals surface area contributed by atoms with Crippen LogP contribution in [0.25, 0.3) is 0 Å². The lowest BCUT2D eigenvalue weighted by molar-refractivity contribution is 0.0535. The van der Waals surface area contributed by atoms with Gasteiger partial charge in [0.2, 0.25) is 0 Å². The van der Waals surface area contributed by atoms with Crippen LogP contribution in [-0.2, 0) is 9.47 Å². The van der Waals surface area contributed by atoms with E-state index in [1.165, 1.54) is 25.1 Å². The van der Waals surface area contributed by atoms with Crippen molar-refractivity contribution < 1.29 is 23.4 Å². The van der Waals surface area contributed by atoms with Crippen molar-refractivity contribution in [2.24, 2.45) is 0 Å². The van der Waals surface area contributed by atoms with E-state index in [0.717, 1.165) is 0 Å². The summed E-state index contributed by atoms with van der Waals surface area (Å²) in [5.41, 5.74) is 0.242. The molecule has 0 radical (unpaired) electrons. The van der Waals surface area contributed by atoms with Gasteiger partial charge in [-0.25, -0.2) is 4.39 Å². The third-order valence-electron chi connectivity index (χ3n) is 2.25. The van der Waals surface area contributed by atoms with E-state index in [0.29, 0.717) is 19.8 Å². The van der Waals surface area contributed by atoms with Crippen molar-refractivity contribution >= 4 is 5.78 Å². The fourth-order valence-electron chi connectivity index (χ4n) is 1.38. The van der Waals surface area contributed by atoms with Crippen molar-refractivity contribution in [3.8, 4) is 5.75 Å². The van der Waals surface area contributed by atoms with E-state index < -0.39 is 5.82 Å². The van der Waals surface area contributed by atoms with Crippen molar-refractivity contribution in [2.45, 2.75) is 6.92 Å². The maximum atomic E-state index is 13.5. The number of para-hydroxylation sites is 1. The number of halogens is 1. The molecule has 0 aromatic heterocycles. The van der Waals surface area contributed by atoms with Crippen molar-refractivity contribution in [2.75, 3.05) is 33.5 Å². The van der Waals surface area contributed by atoms with Crippen molar-refractivity contribution in [3.63, 3.8) is 0 Å². The molecule has 1 aromatic rings. The standard InChI is InChI=1S/C13H17FO4/c1-10(15)11-4-3-5-12(14)13(11)18-9-8-17-7-6-16-2/h3-5H,6-9H2,1-2H3. The molecule has 0 N–H and O–H groups in total. The van der Waals surface area contributed by atoms with Gasteiger partial charge in [-0.2, -0.15) is 0 Å². The summed E-state index contributed by atoms with van der Waals surface area (Å²) in [6.45, 7) is 2.83. The van der Waals surface area contributed by atoms with Gasteiger partial charge in [-0.15, -0.1) is 0 Å². The van der Waals surface area contributed by atoms with Gasteiger partial charge in [-0.1, -0.05) is 6.07 Å². The molecule has 1 aromatic carbocycles. The number of carbonyl (C=O) groups is 1. The highest BCUT2D eigenvalue weighted by atomic mass is 19.1. The largest absolute Gasteiger partial charge is 0.487 e. The molecule has 0 spiro atoms. The summed E-state index contributed by atoms with van der Waals surface area (Å²) in [4.78, 5) is 11.3. The minimum absolute atomic E-state index is 0.0136. The highest BCUT2D eigenvalue weighted by molar-refractivity contribution is 5.96. The highest BCUT2D eigenvalue weighted by Gasteiger charge is 2.12. The first-order chi connectivity index (χ1) is 8.66. The first kappa shape index (κ1) is 14.6. The van der Waals surface area contributed by atoms with Crippen molar-refractivity contribution in [1.82, 2.24) is 0 Å². The van der Waals surface area contributed by atoms with E-state index in [4.69, 9.17) is 14.2 Å². The fourth-order valence-corrected chi connectivity index (χ4v) is 1.38. The summed E-state index contributed by atoms with van der Waals surface area (Å²) < 4.78 is 28.7. The van der Waals surface area contributed by atoms with E-state index in [1.54, 1.807) is 7.11 Å². The summed E-state index contributed by atoms with van der Waals surface area (Å²) in [5.74, 6) is -0.787. The van der Waals surface area contributed by atoms with Gasteiger partial charge in [0.1, 0.15) is 6.61 Å². The Morgan fingerprint density at radius 3 is 2.61 bits per heavy atom. The number of Topliss-reactive ketones (excluding diaryl/α,β-unsaturated/α-hetero) is 1. The van der Waals surface area contributed by atoms with Gasteiger partial charge in [-0.3, -0.25) is 4.79 Å². The topological polar surface area (TPSA) is 44.8 Å². The van der Waals surface area contributed by atoms with Crippen LogP contribution in [0.15, 0.2) is 18.2 Å². The van der Waals surface area contributed by atoms with Crippen LogP contribution in [0, 0.1) is 5.82 Å². The summed E-state index contributed by atoms with van der Waals surface area (Å²) >= 11 is 0. The number of carbonyl (C=O) groups excluding carboxylic acids is 1. The zero-order valence-electron chi connectivity index (χ0n) is 10.6. The monoisotopic (exact) mass is 256 g/mol. The Morgan fingerprint density at radius 2 is 1.94 bits per heavy atom. The smallest absolute Gasteiger partial charge is 0.165 e. The van der Waals surface area contributed by atoms with Crippen LogP contribution in [0.1, 0.15) is 17.3 Å². The molecule has 0 atom stereocenters. The Balaban J connectivity index is 2.48. The molecule has 0 fully saturated rings. The first-order valence-electron chi connectivity index (χ1n) is 5.65. The van der Waals surface area contributed by atoms with E-state index in [2.05, 4.69) is 0 Å². The SMILES string of the molecule is COCCOCCOc1c(F)cccc1C(C)=O. The summed E-state index contributed by atoms with van der Waals surface area (Å²) in [5, 5.41) is 0. The second-order valence-corrected chi connectivity index (χ2v) is 3.63. The number of hydrogen-bond acceptors (Lipinski definition) is 4. The second kappa shape index (κ2) is 7.79. The number of ether oxygens (including phenoxy) is 3. The molecule has 5 heteroatoms. The Morgan fingerprint density at radius 1 is 1.22 bits per heavy atom. The maximum absolute atomic E-state index is 13.5. The second-order valence-electron chi connectivity index (χ2n) is 3.63. The molecular formula is C13H17FO4. The van der Waals surface area contributed by atoms with Crippen LogP contribution in [0.3, 0.4) is 0 Å². The molecular weight excluding hydrogens is 239 g/mol. The third-order valence-corrected chi connectivity index (χ3v) is 2.25. The van der Waals surface area contributed by atoms with Crippen LogP contribution in [-0.4, -0.2) is 39.3 Å². The Bertz CT molecular complexity index is 393.